The van der Waals surface area contributed by atoms with E-state index in [0.717, 1.165) is 13.0 Å². The van der Waals surface area contributed by atoms with Gasteiger partial charge in [-0.2, -0.15) is 0 Å². The maximum atomic E-state index is 13.2. The first-order chi connectivity index (χ1) is 8.62. The fraction of sp³-hybridized carbons (Fsp3) is 0.385. The summed E-state index contributed by atoms with van der Waals surface area (Å²) >= 11 is 0. The summed E-state index contributed by atoms with van der Waals surface area (Å²) in [5, 5.41) is 3.21. The third-order valence-corrected chi connectivity index (χ3v) is 3.66. The second kappa shape index (κ2) is 3.88. The Labute approximate surface area is 105 Å². The Hall–Kier alpha value is -1.75. The van der Waals surface area contributed by atoms with Crippen molar-refractivity contribution in [2.75, 3.05) is 20.1 Å². The number of hydrogen-bond donors (Lipinski definition) is 1. The molecule has 18 heavy (non-hydrogen) atoms. The number of nitrogens with one attached hydrogen (secondary N) is 1. The third-order valence-electron chi connectivity index (χ3n) is 3.66. The second-order valence-electron chi connectivity index (χ2n) is 4.74. The molecule has 0 unspecified atom stereocenters. The van der Waals surface area contributed by atoms with Crippen LogP contribution in [0.3, 0.4) is 0 Å². The molecule has 1 N–H and O–H groups in total. The van der Waals surface area contributed by atoms with Gasteiger partial charge in [0, 0.05) is 25.6 Å². The number of likely N-dealkylation sites (N-methyl/N-ethyl adjacent to an activating group) is 1. The topological polar surface area (TPSA) is 44.7 Å². The van der Waals surface area contributed by atoms with Crippen LogP contribution in [0.5, 0.6) is 0 Å². The van der Waals surface area contributed by atoms with Crippen molar-refractivity contribution in [2.24, 2.45) is 4.99 Å². The number of rotatable bonds is 1. The Morgan fingerprint density at radius 3 is 3.00 bits per heavy atom. The van der Waals surface area contributed by atoms with E-state index in [1.54, 1.807) is 24.1 Å². The lowest BCUT2D eigenvalue weighted by Gasteiger charge is -2.28. The standard InChI is InChI=1S/C13H14FN3O/c1-17-12(18)11(9-3-2-4-10(14)7-9)16-13(17)5-6-15-8-13/h2-4,7,15H,5-6,8H2,1H3/t13-/m1/s1. The minimum Gasteiger partial charge on any atom is -0.314 e. The highest BCUT2D eigenvalue weighted by Gasteiger charge is 2.46. The summed E-state index contributed by atoms with van der Waals surface area (Å²) in [7, 11) is 1.76. The van der Waals surface area contributed by atoms with Crippen molar-refractivity contribution < 1.29 is 9.18 Å². The molecule has 1 aromatic rings. The molecule has 0 saturated carbocycles. The quantitative estimate of drug-likeness (QED) is 0.797. The monoisotopic (exact) mass is 247 g/mol. The molecule has 1 atom stereocenters. The van der Waals surface area contributed by atoms with E-state index in [4.69, 9.17) is 0 Å². The van der Waals surface area contributed by atoms with E-state index < -0.39 is 5.66 Å². The largest absolute Gasteiger partial charge is 0.314 e. The van der Waals surface area contributed by atoms with Gasteiger partial charge < -0.3 is 10.2 Å². The van der Waals surface area contributed by atoms with Gasteiger partial charge in [-0.3, -0.25) is 4.79 Å². The highest BCUT2D eigenvalue weighted by molar-refractivity contribution is 6.46. The maximum absolute atomic E-state index is 13.2. The average molecular weight is 247 g/mol. The second-order valence-corrected chi connectivity index (χ2v) is 4.74. The van der Waals surface area contributed by atoms with E-state index in [9.17, 15) is 9.18 Å². The Balaban J connectivity index is 2.04. The van der Waals surface area contributed by atoms with Gasteiger partial charge in [0.05, 0.1) is 0 Å². The molecule has 2 aliphatic heterocycles. The molecular formula is C13H14FN3O. The first kappa shape index (κ1) is 11.3. The summed E-state index contributed by atoms with van der Waals surface area (Å²) in [5.41, 5.74) is 0.440. The molecule has 1 amide bonds. The minimum atomic E-state index is -0.473. The van der Waals surface area contributed by atoms with Crippen LogP contribution in [-0.4, -0.2) is 42.3 Å². The van der Waals surface area contributed by atoms with Gasteiger partial charge in [-0.05, 0) is 18.7 Å². The Kier molecular flexibility index (Phi) is 2.45. The van der Waals surface area contributed by atoms with Crippen LogP contribution < -0.4 is 5.32 Å². The van der Waals surface area contributed by atoms with E-state index in [1.807, 2.05) is 0 Å². The van der Waals surface area contributed by atoms with Crippen molar-refractivity contribution in [2.45, 2.75) is 12.1 Å². The zero-order chi connectivity index (χ0) is 12.8. The van der Waals surface area contributed by atoms with Crippen molar-refractivity contribution in [3.8, 4) is 0 Å². The number of hydrogen-bond acceptors (Lipinski definition) is 3. The number of amides is 1. The smallest absolute Gasteiger partial charge is 0.274 e. The lowest BCUT2D eigenvalue weighted by Crippen LogP contribution is -2.45. The van der Waals surface area contributed by atoms with E-state index in [1.165, 1.54) is 12.1 Å². The van der Waals surface area contributed by atoms with E-state index in [-0.39, 0.29) is 11.7 Å². The fourth-order valence-corrected chi connectivity index (χ4v) is 2.55. The van der Waals surface area contributed by atoms with Crippen LogP contribution >= 0.6 is 0 Å². The number of nitrogens with zero attached hydrogens (tertiary/aromatic N) is 2. The van der Waals surface area contributed by atoms with E-state index in [2.05, 4.69) is 10.3 Å². The van der Waals surface area contributed by atoms with Gasteiger partial charge in [-0.15, -0.1) is 0 Å². The molecule has 4 nitrogen and oxygen atoms in total. The summed E-state index contributed by atoms with van der Waals surface area (Å²) in [4.78, 5) is 18.4. The number of aliphatic imine (C=N–C) groups is 1. The molecule has 0 bridgehead atoms. The van der Waals surface area contributed by atoms with Crippen LogP contribution in [-0.2, 0) is 4.79 Å². The molecule has 1 fully saturated rings. The highest BCUT2D eigenvalue weighted by Crippen LogP contribution is 2.30. The molecular weight excluding hydrogens is 233 g/mol. The molecule has 0 aliphatic carbocycles. The lowest BCUT2D eigenvalue weighted by molar-refractivity contribution is -0.125. The zero-order valence-corrected chi connectivity index (χ0v) is 10.1. The van der Waals surface area contributed by atoms with Crippen LogP contribution in [0.1, 0.15) is 12.0 Å². The van der Waals surface area contributed by atoms with Gasteiger partial charge in [0.1, 0.15) is 17.2 Å². The van der Waals surface area contributed by atoms with E-state index in [0.29, 0.717) is 17.8 Å². The van der Waals surface area contributed by atoms with Gasteiger partial charge in [0.2, 0.25) is 0 Å². The predicted molar refractivity (Wildman–Crippen MR) is 65.9 cm³/mol. The van der Waals surface area contributed by atoms with Crippen molar-refractivity contribution in [1.82, 2.24) is 10.2 Å². The van der Waals surface area contributed by atoms with Crippen LogP contribution in [0.4, 0.5) is 4.39 Å². The Morgan fingerprint density at radius 1 is 1.50 bits per heavy atom. The van der Waals surface area contributed by atoms with Crippen molar-refractivity contribution in [1.29, 1.82) is 0 Å². The van der Waals surface area contributed by atoms with Gasteiger partial charge >= 0.3 is 0 Å². The van der Waals surface area contributed by atoms with Gasteiger partial charge in [-0.25, -0.2) is 9.38 Å². The van der Waals surface area contributed by atoms with Gasteiger partial charge in [0.15, 0.2) is 0 Å². The predicted octanol–water partition coefficient (Wildman–Crippen LogP) is 0.776. The van der Waals surface area contributed by atoms with Crippen molar-refractivity contribution in [3.63, 3.8) is 0 Å². The summed E-state index contributed by atoms with van der Waals surface area (Å²) in [6.45, 7) is 1.51. The first-order valence-electron chi connectivity index (χ1n) is 5.97. The molecule has 1 saturated heterocycles. The van der Waals surface area contributed by atoms with Gasteiger partial charge in [0.25, 0.3) is 5.91 Å². The normalized spacial score (nSPS) is 27.1. The first-order valence-corrected chi connectivity index (χ1v) is 5.97. The van der Waals surface area contributed by atoms with Crippen molar-refractivity contribution >= 4 is 11.6 Å². The average Bonchev–Trinajstić information content (AvgIpc) is 2.92. The highest BCUT2D eigenvalue weighted by atomic mass is 19.1. The molecule has 0 aromatic heterocycles. The Bertz CT molecular complexity index is 535. The summed E-state index contributed by atoms with van der Waals surface area (Å²) in [6, 6.07) is 6.03. The fourth-order valence-electron chi connectivity index (χ4n) is 2.55. The molecule has 0 radical (unpaired) electrons. The molecule has 2 aliphatic rings. The third kappa shape index (κ3) is 1.54. The molecule has 1 aromatic carbocycles. The SMILES string of the molecule is CN1C(=O)C(c2cccc(F)c2)=N[C@]12CCNC2. The Morgan fingerprint density at radius 2 is 2.33 bits per heavy atom. The molecule has 94 valence electrons. The van der Waals surface area contributed by atoms with Crippen LogP contribution in [0.2, 0.25) is 0 Å². The number of benzene rings is 1. The number of carbonyl (C=O) groups excluding carboxylic acids is 1. The minimum absolute atomic E-state index is 0.135. The maximum Gasteiger partial charge on any atom is 0.274 e. The molecule has 1 spiro atoms. The number of carbonyl (C=O) groups is 1. The molecule has 3 rings (SSSR count). The van der Waals surface area contributed by atoms with Crippen molar-refractivity contribution in [3.05, 3.63) is 35.6 Å². The number of halogens is 1. The van der Waals surface area contributed by atoms with Crippen LogP contribution in [0, 0.1) is 5.82 Å². The summed E-state index contributed by atoms with van der Waals surface area (Å²) < 4.78 is 13.2. The van der Waals surface area contributed by atoms with Crippen LogP contribution in [0.15, 0.2) is 29.3 Å². The van der Waals surface area contributed by atoms with Gasteiger partial charge in [-0.1, -0.05) is 12.1 Å². The molecule has 2 heterocycles. The van der Waals surface area contributed by atoms with Crippen LogP contribution in [0.25, 0.3) is 0 Å². The molecule has 5 heteroatoms. The van der Waals surface area contributed by atoms with E-state index >= 15 is 0 Å². The summed E-state index contributed by atoms with van der Waals surface area (Å²) in [6.07, 6.45) is 0.800. The summed E-state index contributed by atoms with van der Waals surface area (Å²) in [5.74, 6) is -0.486. The zero-order valence-electron chi connectivity index (χ0n) is 10.1. The lowest BCUT2D eigenvalue weighted by atomic mass is 10.1.